The highest BCUT2D eigenvalue weighted by atomic mass is 35.5. The number of carboxylic acid groups (broad SMARTS) is 1. The van der Waals surface area contributed by atoms with Crippen LogP contribution in [-0.4, -0.2) is 58.9 Å². The first-order chi connectivity index (χ1) is 17.5. The summed E-state index contributed by atoms with van der Waals surface area (Å²) in [5.41, 5.74) is -0.214. The Morgan fingerprint density at radius 2 is 2.03 bits per heavy atom. The Bertz CT molecular complexity index is 1250. The Labute approximate surface area is 216 Å². The van der Waals surface area contributed by atoms with Gasteiger partial charge in [0, 0.05) is 17.6 Å². The maximum atomic E-state index is 13.3. The fraction of sp³-hybridized carbons (Fsp3) is 0.333. The van der Waals surface area contributed by atoms with Gasteiger partial charge in [-0.1, -0.05) is 24.6 Å². The van der Waals surface area contributed by atoms with E-state index in [-0.39, 0.29) is 24.9 Å². The molecule has 13 heteroatoms. The maximum Gasteiger partial charge on any atom is 0.342 e. The molecule has 1 aliphatic rings. The van der Waals surface area contributed by atoms with Crippen molar-refractivity contribution in [2.24, 2.45) is 5.92 Å². The second kappa shape index (κ2) is 11.7. The molecule has 2 atom stereocenters. The zero-order valence-electron chi connectivity index (χ0n) is 20.0. The number of imide groups is 1. The molecule has 3 N–H and O–H groups in total. The lowest BCUT2D eigenvalue weighted by molar-refractivity contribution is -0.385. The summed E-state index contributed by atoms with van der Waals surface area (Å²) in [6.45, 7) is 1.19. The van der Waals surface area contributed by atoms with Gasteiger partial charge in [-0.25, -0.2) is 9.59 Å². The number of benzene rings is 2. The molecular weight excluding hydrogens is 508 g/mol. The Morgan fingerprint density at radius 1 is 1.30 bits per heavy atom. The van der Waals surface area contributed by atoms with Crippen LogP contribution in [0.25, 0.3) is 0 Å². The second-order valence-corrected chi connectivity index (χ2v) is 8.77. The number of carboxylic acids is 1. The van der Waals surface area contributed by atoms with Crippen LogP contribution in [0.1, 0.15) is 40.9 Å². The number of hydrogen-bond acceptors (Lipinski definition) is 7. The van der Waals surface area contributed by atoms with Crippen molar-refractivity contribution < 1.29 is 33.9 Å². The lowest BCUT2D eigenvalue weighted by Crippen LogP contribution is -2.48. The van der Waals surface area contributed by atoms with E-state index in [1.54, 1.807) is 25.1 Å². The van der Waals surface area contributed by atoms with Crippen molar-refractivity contribution in [1.29, 1.82) is 0 Å². The minimum atomic E-state index is -1.46. The highest BCUT2D eigenvalue weighted by Gasteiger charge is 2.35. The standard InChI is InChI=1S/C24H25ClN4O8/c1-3-18(13-4-6-17(23(32)33)19(10-13)29(35)36)27-24(34)28-12-21(30)26-11-15(22(28)31)8-14-9-16(25)5-7-20(14)37-2/h4-7,9-10,15,18H,3,8,11-12H2,1-2H3,(H,26,30)(H,27,34)(H,32,33)/t15-,18-/m1/s1. The van der Waals surface area contributed by atoms with Crippen LogP contribution in [0, 0.1) is 16.0 Å². The summed E-state index contributed by atoms with van der Waals surface area (Å²) in [6.07, 6.45) is 0.416. The molecule has 37 heavy (non-hydrogen) atoms. The molecule has 4 amide bonds. The largest absolute Gasteiger partial charge is 0.496 e. The molecule has 0 aromatic heterocycles. The van der Waals surface area contributed by atoms with Gasteiger partial charge >= 0.3 is 12.0 Å². The highest BCUT2D eigenvalue weighted by molar-refractivity contribution is 6.30. The van der Waals surface area contributed by atoms with Crippen molar-refractivity contribution >= 4 is 41.1 Å². The monoisotopic (exact) mass is 532 g/mol. The summed E-state index contributed by atoms with van der Waals surface area (Å²) >= 11 is 6.09. The lowest BCUT2D eigenvalue weighted by Gasteiger charge is -2.25. The Morgan fingerprint density at radius 3 is 2.65 bits per heavy atom. The number of aromatic carboxylic acids is 1. The summed E-state index contributed by atoms with van der Waals surface area (Å²) in [6, 6.07) is 6.80. The van der Waals surface area contributed by atoms with E-state index in [0.29, 0.717) is 16.3 Å². The number of rotatable bonds is 8. The van der Waals surface area contributed by atoms with Gasteiger partial charge in [-0.15, -0.1) is 0 Å². The third kappa shape index (κ3) is 6.33. The molecular formula is C24H25ClN4O8. The molecule has 1 saturated heterocycles. The van der Waals surface area contributed by atoms with Crippen LogP contribution < -0.4 is 15.4 Å². The number of methoxy groups -OCH3 is 1. The fourth-order valence-corrected chi connectivity index (χ4v) is 4.27. The number of halogens is 1. The van der Waals surface area contributed by atoms with E-state index in [2.05, 4.69) is 10.6 Å². The molecule has 0 spiro atoms. The summed E-state index contributed by atoms with van der Waals surface area (Å²) in [4.78, 5) is 61.5. The predicted octanol–water partition coefficient (Wildman–Crippen LogP) is 2.93. The van der Waals surface area contributed by atoms with Crippen LogP contribution in [0.4, 0.5) is 10.5 Å². The Balaban J connectivity index is 1.85. The van der Waals surface area contributed by atoms with Crippen LogP contribution in [0.3, 0.4) is 0 Å². The van der Waals surface area contributed by atoms with E-state index in [4.69, 9.17) is 16.3 Å². The molecule has 0 unspecified atom stereocenters. The topological polar surface area (TPSA) is 168 Å². The van der Waals surface area contributed by atoms with Crippen molar-refractivity contribution in [3.63, 3.8) is 0 Å². The predicted molar refractivity (Wildman–Crippen MR) is 132 cm³/mol. The SMILES string of the molecule is CC[C@@H](NC(=O)N1CC(=O)NC[C@@H](Cc2cc(Cl)ccc2OC)C1=O)c1ccc(C(=O)O)c([N+](=O)[O-])c1. The second-order valence-electron chi connectivity index (χ2n) is 8.33. The minimum absolute atomic E-state index is 0.00281. The molecule has 1 aliphatic heterocycles. The number of urea groups is 1. The van der Waals surface area contributed by atoms with E-state index in [1.165, 1.54) is 13.2 Å². The number of nitrogens with one attached hydrogen (secondary N) is 2. The van der Waals surface area contributed by atoms with Gasteiger partial charge in [-0.05, 0) is 48.2 Å². The first kappa shape index (κ1) is 27.4. The normalized spacial score (nSPS) is 16.4. The molecule has 3 rings (SSSR count). The molecule has 0 aliphatic carbocycles. The van der Waals surface area contributed by atoms with Crippen LogP contribution in [0.2, 0.25) is 5.02 Å². The number of carbonyl (C=O) groups is 4. The number of nitro benzene ring substituents is 1. The van der Waals surface area contributed by atoms with E-state index in [9.17, 15) is 34.4 Å². The zero-order chi connectivity index (χ0) is 27.3. The van der Waals surface area contributed by atoms with Gasteiger partial charge in [0.25, 0.3) is 5.69 Å². The van der Waals surface area contributed by atoms with Gasteiger partial charge in [0.05, 0.1) is 24.0 Å². The number of nitrogens with zero attached hydrogens (tertiary/aromatic N) is 2. The zero-order valence-corrected chi connectivity index (χ0v) is 20.8. The third-order valence-corrected chi connectivity index (χ3v) is 6.21. The molecule has 0 radical (unpaired) electrons. The molecule has 0 bridgehead atoms. The number of amides is 4. The number of carbonyl (C=O) groups excluding carboxylic acids is 3. The van der Waals surface area contributed by atoms with Crippen molar-refractivity contribution in [2.75, 3.05) is 20.2 Å². The molecule has 0 saturated carbocycles. The molecule has 2 aromatic rings. The third-order valence-electron chi connectivity index (χ3n) is 5.97. The van der Waals surface area contributed by atoms with E-state index in [0.717, 1.165) is 17.0 Å². The van der Waals surface area contributed by atoms with Crippen molar-refractivity contribution in [3.05, 3.63) is 68.2 Å². The lowest BCUT2D eigenvalue weighted by atomic mass is 9.97. The highest BCUT2D eigenvalue weighted by Crippen LogP contribution is 2.28. The minimum Gasteiger partial charge on any atom is -0.496 e. The first-order valence-electron chi connectivity index (χ1n) is 11.3. The Kier molecular flexibility index (Phi) is 8.66. The van der Waals surface area contributed by atoms with Gasteiger partial charge < -0.3 is 20.5 Å². The summed E-state index contributed by atoms with van der Waals surface area (Å²) < 4.78 is 5.33. The molecule has 196 valence electrons. The van der Waals surface area contributed by atoms with E-state index >= 15 is 0 Å². The van der Waals surface area contributed by atoms with Crippen LogP contribution in [0.15, 0.2) is 36.4 Å². The summed E-state index contributed by atoms with van der Waals surface area (Å²) in [7, 11) is 1.47. The van der Waals surface area contributed by atoms with Crippen molar-refractivity contribution in [1.82, 2.24) is 15.5 Å². The number of ether oxygens (including phenoxy) is 1. The summed E-state index contributed by atoms with van der Waals surface area (Å²) in [5.74, 6) is -2.88. The van der Waals surface area contributed by atoms with E-state index in [1.807, 2.05) is 0 Å². The van der Waals surface area contributed by atoms with E-state index < -0.39 is 58.5 Å². The smallest absolute Gasteiger partial charge is 0.342 e. The quantitative estimate of drug-likeness (QED) is 0.344. The van der Waals surface area contributed by atoms with Gasteiger partial charge in [-0.2, -0.15) is 0 Å². The molecule has 2 aromatic carbocycles. The van der Waals surface area contributed by atoms with Gasteiger partial charge in [0.1, 0.15) is 17.9 Å². The average Bonchev–Trinajstić information content (AvgIpc) is 3.00. The number of nitro groups is 1. The van der Waals surface area contributed by atoms with Gasteiger partial charge in [-0.3, -0.25) is 24.6 Å². The van der Waals surface area contributed by atoms with Crippen molar-refractivity contribution in [2.45, 2.75) is 25.8 Å². The van der Waals surface area contributed by atoms with Gasteiger partial charge in [0.15, 0.2) is 0 Å². The van der Waals surface area contributed by atoms with Gasteiger partial charge in [0.2, 0.25) is 11.8 Å². The average molecular weight is 533 g/mol. The van der Waals surface area contributed by atoms with Crippen molar-refractivity contribution in [3.8, 4) is 5.75 Å². The molecule has 12 nitrogen and oxygen atoms in total. The Hall–Kier alpha value is -4.19. The molecule has 1 heterocycles. The number of hydrogen-bond donors (Lipinski definition) is 3. The fourth-order valence-electron chi connectivity index (χ4n) is 4.07. The first-order valence-corrected chi connectivity index (χ1v) is 11.7. The summed E-state index contributed by atoms with van der Waals surface area (Å²) in [5, 5.41) is 26.3. The molecule has 1 fully saturated rings. The maximum absolute atomic E-state index is 13.3. The van der Waals surface area contributed by atoms with Crippen LogP contribution in [-0.2, 0) is 16.0 Å². The van der Waals surface area contributed by atoms with Crippen LogP contribution >= 0.6 is 11.6 Å². The van der Waals surface area contributed by atoms with Crippen LogP contribution in [0.5, 0.6) is 5.75 Å².